The fourth-order valence-electron chi connectivity index (χ4n) is 1.70. The molecule has 0 atom stereocenters. The molecule has 2 rings (SSSR count). The number of halogens is 1. The highest BCUT2D eigenvalue weighted by Crippen LogP contribution is 2.33. The minimum absolute atomic E-state index is 0.0620. The zero-order valence-electron chi connectivity index (χ0n) is 10.8. The molecule has 5 heteroatoms. The molecule has 20 heavy (non-hydrogen) atoms. The van der Waals surface area contributed by atoms with Gasteiger partial charge in [0.15, 0.2) is 0 Å². The second kappa shape index (κ2) is 6.43. The Labute approximate surface area is 120 Å². The average molecular weight is 292 g/mol. The number of methoxy groups -OCH3 is 1. The fraction of sp³-hybridized carbons (Fsp3) is 0.133. The second-order valence-electron chi connectivity index (χ2n) is 4.10. The summed E-state index contributed by atoms with van der Waals surface area (Å²) >= 11 is 1.38. The lowest BCUT2D eigenvalue weighted by Crippen LogP contribution is -2.01. The van der Waals surface area contributed by atoms with Crippen LogP contribution in [0.1, 0.15) is 5.56 Å². The van der Waals surface area contributed by atoms with Crippen molar-refractivity contribution in [1.29, 1.82) is 0 Å². The van der Waals surface area contributed by atoms with Crippen LogP contribution < -0.4 is 4.74 Å². The molecule has 0 bridgehead atoms. The van der Waals surface area contributed by atoms with Gasteiger partial charge in [0.1, 0.15) is 11.6 Å². The van der Waals surface area contributed by atoms with Crippen LogP contribution in [0.3, 0.4) is 0 Å². The van der Waals surface area contributed by atoms with E-state index in [0.29, 0.717) is 11.3 Å². The van der Waals surface area contributed by atoms with Crippen molar-refractivity contribution in [2.24, 2.45) is 0 Å². The van der Waals surface area contributed by atoms with E-state index in [4.69, 9.17) is 9.84 Å². The van der Waals surface area contributed by atoms with Gasteiger partial charge in [-0.05, 0) is 42.0 Å². The maximum Gasteiger partial charge on any atom is 0.307 e. The van der Waals surface area contributed by atoms with Gasteiger partial charge < -0.3 is 9.84 Å². The summed E-state index contributed by atoms with van der Waals surface area (Å²) < 4.78 is 18.0. The number of rotatable bonds is 5. The number of carboxylic acids is 1. The van der Waals surface area contributed by atoms with E-state index in [-0.39, 0.29) is 12.2 Å². The number of aliphatic carboxylic acids is 1. The van der Waals surface area contributed by atoms with Crippen LogP contribution in [0.2, 0.25) is 0 Å². The summed E-state index contributed by atoms with van der Waals surface area (Å²) in [7, 11) is 1.55. The van der Waals surface area contributed by atoms with E-state index >= 15 is 0 Å². The van der Waals surface area contributed by atoms with Crippen LogP contribution in [0.25, 0.3) is 0 Å². The highest BCUT2D eigenvalue weighted by molar-refractivity contribution is 7.99. The third-order valence-electron chi connectivity index (χ3n) is 2.66. The van der Waals surface area contributed by atoms with Gasteiger partial charge in [0, 0.05) is 9.79 Å². The minimum Gasteiger partial charge on any atom is -0.497 e. The number of ether oxygens (including phenoxy) is 1. The summed E-state index contributed by atoms with van der Waals surface area (Å²) in [6.07, 6.45) is -0.0620. The fourth-order valence-corrected chi connectivity index (χ4v) is 2.67. The largest absolute Gasteiger partial charge is 0.497 e. The molecule has 0 fully saturated rings. The Morgan fingerprint density at radius 1 is 1.25 bits per heavy atom. The SMILES string of the molecule is COc1ccc(CC(=O)O)c(Sc2ccc(F)cc2)c1. The normalized spacial score (nSPS) is 10.3. The first-order valence-electron chi connectivity index (χ1n) is 5.90. The Balaban J connectivity index is 2.31. The summed E-state index contributed by atoms with van der Waals surface area (Å²) in [5.74, 6) is -0.536. The van der Waals surface area contributed by atoms with Gasteiger partial charge in [0.2, 0.25) is 0 Å². The Hall–Kier alpha value is -2.01. The molecule has 0 aliphatic rings. The van der Waals surface area contributed by atoms with Crippen molar-refractivity contribution >= 4 is 17.7 Å². The molecule has 0 saturated heterocycles. The Morgan fingerprint density at radius 3 is 2.55 bits per heavy atom. The van der Waals surface area contributed by atoms with E-state index in [9.17, 15) is 9.18 Å². The first-order chi connectivity index (χ1) is 9.58. The molecular weight excluding hydrogens is 279 g/mol. The van der Waals surface area contributed by atoms with Crippen molar-refractivity contribution in [3.05, 3.63) is 53.8 Å². The number of hydrogen-bond donors (Lipinski definition) is 1. The van der Waals surface area contributed by atoms with Crippen LogP contribution in [-0.2, 0) is 11.2 Å². The van der Waals surface area contributed by atoms with Crippen LogP contribution in [0.5, 0.6) is 5.75 Å². The molecule has 0 aliphatic heterocycles. The van der Waals surface area contributed by atoms with Crippen LogP contribution >= 0.6 is 11.8 Å². The van der Waals surface area contributed by atoms with E-state index in [1.54, 1.807) is 37.4 Å². The summed E-state index contributed by atoms with van der Waals surface area (Å²) in [4.78, 5) is 12.5. The lowest BCUT2D eigenvalue weighted by molar-refractivity contribution is -0.136. The number of hydrogen-bond acceptors (Lipinski definition) is 3. The van der Waals surface area contributed by atoms with Gasteiger partial charge in [0.05, 0.1) is 13.5 Å². The number of carbonyl (C=O) groups is 1. The topological polar surface area (TPSA) is 46.5 Å². The molecule has 0 saturated carbocycles. The zero-order valence-corrected chi connectivity index (χ0v) is 11.6. The van der Waals surface area contributed by atoms with Crippen LogP contribution in [0.4, 0.5) is 4.39 Å². The van der Waals surface area contributed by atoms with E-state index in [1.165, 1.54) is 23.9 Å². The van der Waals surface area contributed by atoms with E-state index in [2.05, 4.69) is 0 Å². The molecule has 104 valence electrons. The van der Waals surface area contributed by atoms with Gasteiger partial charge in [-0.3, -0.25) is 4.79 Å². The molecule has 0 aliphatic carbocycles. The molecule has 3 nitrogen and oxygen atoms in total. The average Bonchev–Trinajstić information content (AvgIpc) is 2.42. The van der Waals surface area contributed by atoms with Gasteiger partial charge in [-0.25, -0.2) is 4.39 Å². The molecule has 2 aromatic rings. The lowest BCUT2D eigenvalue weighted by Gasteiger charge is -2.10. The van der Waals surface area contributed by atoms with Crippen molar-refractivity contribution in [1.82, 2.24) is 0 Å². The molecule has 2 aromatic carbocycles. The van der Waals surface area contributed by atoms with Gasteiger partial charge in [-0.15, -0.1) is 0 Å². The summed E-state index contributed by atoms with van der Waals surface area (Å²) in [5, 5.41) is 8.93. The quantitative estimate of drug-likeness (QED) is 0.914. The monoisotopic (exact) mass is 292 g/mol. The first kappa shape index (κ1) is 14.4. The van der Waals surface area contributed by atoms with Crippen molar-refractivity contribution in [3.8, 4) is 5.75 Å². The molecule has 0 unspecified atom stereocenters. The standard InChI is InChI=1S/C15H13FO3S/c1-19-12-5-2-10(8-15(17)18)14(9-12)20-13-6-3-11(16)4-7-13/h2-7,9H,8H2,1H3,(H,17,18). The smallest absolute Gasteiger partial charge is 0.307 e. The minimum atomic E-state index is -0.892. The van der Waals surface area contributed by atoms with Crippen molar-refractivity contribution < 1.29 is 19.0 Å². The highest BCUT2D eigenvalue weighted by Gasteiger charge is 2.10. The van der Waals surface area contributed by atoms with Crippen molar-refractivity contribution in [2.45, 2.75) is 16.2 Å². The summed E-state index contributed by atoms with van der Waals surface area (Å²) in [5.41, 5.74) is 0.702. The molecule has 0 spiro atoms. The van der Waals surface area contributed by atoms with Crippen LogP contribution in [0, 0.1) is 5.82 Å². The molecular formula is C15H13FO3S. The van der Waals surface area contributed by atoms with E-state index in [0.717, 1.165) is 9.79 Å². The second-order valence-corrected chi connectivity index (χ2v) is 5.22. The number of benzene rings is 2. The molecule has 0 amide bonds. The van der Waals surface area contributed by atoms with Crippen LogP contribution in [-0.4, -0.2) is 18.2 Å². The van der Waals surface area contributed by atoms with Crippen molar-refractivity contribution in [2.75, 3.05) is 7.11 Å². The predicted molar refractivity (Wildman–Crippen MR) is 74.9 cm³/mol. The molecule has 1 N–H and O–H groups in total. The van der Waals surface area contributed by atoms with Crippen molar-refractivity contribution in [3.63, 3.8) is 0 Å². The zero-order chi connectivity index (χ0) is 14.5. The Kier molecular flexibility index (Phi) is 4.63. The maximum atomic E-state index is 12.9. The van der Waals surface area contributed by atoms with E-state index in [1.807, 2.05) is 0 Å². The third kappa shape index (κ3) is 3.74. The summed E-state index contributed by atoms with van der Waals surface area (Å²) in [6, 6.07) is 11.3. The summed E-state index contributed by atoms with van der Waals surface area (Å²) in [6.45, 7) is 0. The maximum absolute atomic E-state index is 12.9. The van der Waals surface area contributed by atoms with Gasteiger partial charge in [-0.1, -0.05) is 17.8 Å². The van der Waals surface area contributed by atoms with Gasteiger partial charge in [-0.2, -0.15) is 0 Å². The van der Waals surface area contributed by atoms with Crippen LogP contribution in [0.15, 0.2) is 52.3 Å². The first-order valence-corrected chi connectivity index (χ1v) is 6.72. The number of carboxylic acid groups (broad SMARTS) is 1. The van der Waals surface area contributed by atoms with Gasteiger partial charge in [0.25, 0.3) is 0 Å². The highest BCUT2D eigenvalue weighted by atomic mass is 32.2. The molecule has 0 heterocycles. The van der Waals surface area contributed by atoms with Gasteiger partial charge >= 0.3 is 5.97 Å². The Morgan fingerprint density at radius 2 is 1.95 bits per heavy atom. The Bertz CT molecular complexity index is 611. The molecule has 0 aromatic heterocycles. The lowest BCUT2D eigenvalue weighted by atomic mass is 10.1. The van der Waals surface area contributed by atoms with E-state index < -0.39 is 5.97 Å². The molecule has 0 radical (unpaired) electrons. The third-order valence-corrected chi connectivity index (χ3v) is 3.77. The predicted octanol–water partition coefficient (Wildman–Crippen LogP) is 3.61.